The molecule has 0 atom stereocenters. The molecular weight excluding hydrogens is 277 g/mol. The number of rotatable bonds is 3. The van der Waals surface area contributed by atoms with Gasteiger partial charge in [0, 0.05) is 16.0 Å². The van der Waals surface area contributed by atoms with Crippen molar-refractivity contribution in [3.8, 4) is 0 Å². The normalized spacial score (nSPS) is 10.5. The van der Waals surface area contributed by atoms with E-state index in [2.05, 4.69) is 4.98 Å². The van der Waals surface area contributed by atoms with Crippen molar-refractivity contribution in [1.29, 1.82) is 0 Å². The number of hydrogen-bond acceptors (Lipinski definition) is 3. The molecule has 1 aromatic carbocycles. The highest BCUT2D eigenvalue weighted by molar-refractivity contribution is 7.09. The maximum absolute atomic E-state index is 12.0. The van der Waals surface area contributed by atoms with Crippen molar-refractivity contribution in [3.05, 3.63) is 49.9 Å². The van der Waals surface area contributed by atoms with Gasteiger partial charge in [0.05, 0.1) is 22.1 Å². The second-order valence-electron chi connectivity index (χ2n) is 3.58. The number of benzene rings is 1. The fraction of sp³-hybridized carbons (Fsp3) is 0.167. The number of aryl methyl sites for hydroxylation is 1. The molecule has 0 saturated carbocycles. The number of ketones is 1. The highest BCUT2D eigenvalue weighted by Gasteiger charge is 2.12. The molecule has 2 nitrogen and oxygen atoms in total. The molecule has 0 saturated heterocycles. The van der Waals surface area contributed by atoms with E-state index in [0.29, 0.717) is 15.6 Å². The molecule has 0 spiro atoms. The fourth-order valence-corrected chi connectivity index (χ4v) is 2.59. The summed E-state index contributed by atoms with van der Waals surface area (Å²) < 4.78 is 0. The minimum Gasteiger partial charge on any atom is -0.294 e. The van der Waals surface area contributed by atoms with Crippen molar-refractivity contribution in [1.82, 2.24) is 4.98 Å². The van der Waals surface area contributed by atoms with E-state index in [1.54, 1.807) is 18.2 Å². The average Bonchev–Trinajstić information content (AvgIpc) is 2.63. The first-order valence-electron chi connectivity index (χ1n) is 4.95. The number of carbonyl (C=O) groups excluding carboxylic acids is 1. The minimum atomic E-state index is -0.0445. The molecule has 0 radical (unpaired) electrons. The zero-order chi connectivity index (χ0) is 12.4. The molecule has 2 rings (SSSR count). The van der Waals surface area contributed by atoms with E-state index in [4.69, 9.17) is 23.2 Å². The Kier molecular flexibility index (Phi) is 3.82. The largest absolute Gasteiger partial charge is 0.294 e. The molecule has 0 aliphatic rings. The molecule has 0 fully saturated rings. The second-order valence-corrected chi connectivity index (χ2v) is 5.49. The molecule has 5 heteroatoms. The molecule has 1 heterocycles. The Bertz CT molecular complexity index is 565. The van der Waals surface area contributed by atoms with Crippen LogP contribution in [0.25, 0.3) is 0 Å². The Morgan fingerprint density at radius 3 is 2.76 bits per heavy atom. The molecule has 0 aliphatic carbocycles. The van der Waals surface area contributed by atoms with Crippen molar-refractivity contribution in [2.75, 3.05) is 0 Å². The van der Waals surface area contributed by atoms with E-state index >= 15 is 0 Å². The SMILES string of the molecule is Cc1nc(CC(=O)c2ccc(Cl)cc2Cl)cs1. The zero-order valence-electron chi connectivity index (χ0n) is 9.04. The number of Topliss-reactive ketones (excluding diaryl/α,β-unsaturated/α-hetero) is 1. The molecule has 2 aromatic rings. The maximum atomic E-state index is 12.0. The van der Waals surface area contributed by atoms with Crippen LogP contribution in [0.15, 0.2) is 23.6 Å². The van der Waals surface area contributed by atoms with E-state index < -0.39 is 0 Å². The Morgan fingerprint density at radius 1 is 1.41 bits per heavy atom. The summed E-state index contributed by atoms with van der Waals surface area (Å²) in [6.07, 6.45) is 0.270. The standard InChI is InChI=1S/C12H9Cl2NOS/c1-7-15-9(6-17-7)5-12(16)10-3-2-8(13)4-11(10)14/h2-4,6H,5H2,1H3. The third-order valence-electron chi connectivity index (χ3n) is 2.24. The summed E-state index contributed by atoms with van der Waals surface area (Å²) in [5.74, 6) is -0.0445. The molecule has 0 aliphatic heterocycles. The smallest absolute Gasteiger partial charge is 0.170 e. The summed E-state index contributed by atoms with van der Waals surface area (Å²) >= 11 is 13.3. The van der Waals surface area contributed by atoms with Crippen LogP contribution >= 0.6 is 34.5 Å². The molecule has 0 unspecified atom stereocenters. The van der Waals surface area contributed by atoms with E-state index in [1.165, 1.54) is 11.3 Å². The van der Waals surface area contributed by atoms with Gasteiger partial charge in [-0.2, -0.15) is 0 Å². The first kappa shape index (κ1) is 12.6. The van der Waals surface area contributed by atoms with Gasteiger partial charge >= 0.3 is 0 Å². The van der Waals surface area contributed by atoms with Gasteiger partial charge in [-0.1, -0.05) is 23.2 Å². The summed E-state index contributed by atoms with van der Waals surface area (Å²) in [5.41, 5.74) is 1.27. The topological polar surface area (TPSA) is 30.0 Å². The molecule has 88 valence electrons. The van der Waals surface area contributed by atoms with Crippen LogP contribution in [0, 0.1) is 6.92 Å². The molecular formula is C12H9Cl2NOS. The van der Waals surface area contributed by atoms with E-state index in [-0.39, 0.29) is 12.2 Å². The van der Waals surface area contributed by atoms with Crippen LogP contribution in [0.3, 0.4) is 0 Å². The Morgan fingerprint density at radius 2 is 2.18 bits per heavy atom. The van der Waals surface area contributed by atoms with Gasteiger partial charge in [-0.3, -0.25) is 4.79 Å². The van der Waals surface area contributed by atoms with Crippen molar-refractivity contribution in [2.45, 2.75) is 13.3 Å². The van der Waals surface area contributed by atoms with Crippen LogP contribution in [0.2, 0.25) is 10.0 Å². The molecule has 1 aromatic heterocycles. The lowest BCUT2D eigenvalue weighted by Crippen LogP contribution is -2.04. The Hall–Kier alpha value is -0.900. The number of carbonyl (C=O) groups is 1. The van der Waals surface area contributed by atoms with Crippen LogP contribution in [-0.2, 0) is 6.42 Å². The fourth-order valence-electron chi connectivity index (χ4n) is 1.46. The van der Waals surface area contributed by atoms with Crippen LogP contribution < -0.4 is 0 Å². The predicted molar refractivity (Wildman–Crippen MR) is 71.3 cm³/mol. The minimum absolute atomic E-state index is 0.0445. The predicted octanol–water partition coefficient (Wildman–Crippen LogP) is 4.18. The van der Waals surface area contributed by atoms with Crippen LogP contribution in [0.5, 0.6) is 0 Å². The van der Waals surface area contributed by atoms with Crippen LogP contribution in [0.1, 0.15) is 21.1 Å². The van der Waals surface area contributed by atoms with Crippen molar-refractivity contribution in [3.63, 3.8) is 0 Å². The number of halogens is 2. The quantitative estimate of drug-likeness (QED) is 0.792. The highest BCUT2D eigenvalue weighted by Crippen LogP contribution is 2.22. The summed E-state index contributed by atoms with van der Waals surface area (Å²) in [6, 6.07) is 4.88. The summed E-state index contributed by atoms with van der Waals surface area (Å²) in [4.78, 5) is 16.2. The second kappa shape index (κ2) is 5.17. The lowest BCUT2D eigenvalue weighted by molar-refractivity contribution is 0.0992. The van der Waals surface area contributed by atoms with Gasteiger partial charge in [0.1, 0.15) is 0 Å². The molecule has 0 bridgehead atoms. The lowest BCUT2D eigenvalue weighted by atomic mass is 10.1. The zero-order valence-corrected chi connectivity index (χ0v) is 11.4. The van der Waals surface area contributed by atoms with Gasteiger partial charge in [-0.15, -0.1) is 11.3 Å². The lowest BCUT2D eigenvalue weighted by Gasteiger charge is -2.02. The monoisotopic (exact) mass is 285 g/mol. The summed E-state index contributed by atoms with van der Waals surface area (Å²) in [5, 5.41) is 3.75. The highest BCUT2D eigenvalue weighted by atomic mass is 35.5. The van der Waals surface area contributed by atoms with Crippen LogP contribution in [-0.4, -0.2) is 10.8 Å². The third-order valence-corrected chi connectivity index (χ3v) is 3.61. The first-order chi connectivity index (χ1) is 8.06. The molecule has 17 heavy (non-hydrogen) atoms. The third kappa shape index (κ3) is 3.06. The van der Waals surface area contributed by atoms with Gasteiger partial charge in [0.2, 0.25) is 0 Å². The van der Waals surface area contributed by atoms with Gasteiger partial charge in [-0.25, -0.2) is 4.98 Å². The van der Waals surface area contributed by atoms with E-state index in [1.807, 2.05) is 12.3 Å². The van der Waals surface area contributed by atoms with Crippen molar-refractivity contribution < 1.29 is 4.79 Å². The number of hydrogen-bond donors (Lipinski definition) is 0. The molecule has 0 amide bonds. The van der Waals surface area contributed by atoms with E-state index in [0.717, 1.165) is 10.7 Å². The Balaban J connectivity index is 2.20. The van der Waals surface area contributed by atoms with Crippen molar-refractivity contribution >= 4 is 40.3 Å². The van der Waals surface area contributed by atoms with Gasteiger partial charge in [0.15, 0.2) is 5.78 Å². The van der Waals surface area contributed by atoms with Gasteiger partial charge in [0.25, 0.3) is 0 Å². The number of thiazole rings is 1. The van der Waals surface area contributed by atoms with Crippen LogP contribution in [0.4, 0.5) is 0 Å². The first-order valence-corrected chi connectivity index (χ1v) is 6.59. The number of nitrogens with zero attached hydrogens (tertiary/aromatic N) is 1. The summed E-state index contributed by atoms with van der Waals surface area (Å²) in [7, 11) is 0. The maximum Gasteiger partial charge on any atom is 0.170 e. The van der Waals surface area contributed by atoms with Gasteiger partial charge < -0.3 is 0 Å². The van der Waals surface area contributed by atoms with Crippen molar-refractivity contribution in [2.24, 2.45) is 0 Å². The average molecular weight is 286 g/mol. The molecule has 0 N–H and O–H groups in total. The number of aromatic nitrogens is 1. The Labute approximate surface area is 113 Å². The van der Waals surface area contributed by atoms with E-state index in [9.17, 15) is 4.79 Å². The van der Waals surface area contributed by atoms with Gasteiger partial charge in [-0.05, 0) is 25.1 Å². The summed E-state index contributed by atoms with van der Waals surface area (Å²) in [6.45, 7) is 1.91.